The van der Waals surface area contributed by atoms with Crippen LogP contribution in [-0.2, 0) is 0 Å². The van der Waals surface area contributed by atoms with E-state index >= 15 is 0 Å². The molecule has 0 atom stereocenters. The maximum Gasteiger partial charge on any atom is 0.0116 e. The second-order valence-electron chi connectivity index (χ2n) is 1.69. The van der Waals surface area contributed by atoms with Crippen LogP contribution in [0.5, 0.6) is 0 Å². The summed E-state index contributed by atoms with van der Waals surface area (Å²) in [6.45, 7) is 0. The van der Waals surface area contributed by atoms with Crippen LogP contribution in [0.15, 0.2) is 44.7 Å². The highest BCUT2D eigenvalue weighted by Gasteiger charge is 1.83. The summed E-state index contributed by atoms with van der Waals surface area (Å²) < 4.78 is 2.01. The molecule has 0 fully saturated rings. The normalized spacial score (nSPS) is 10.5. The van der Waals surface area contributed by atoms with Gasteiger partial charge in [-0.05, 0) is 21.6 Å². The van der Waals surface area contributed by atoms with Crippen molar-refractivity contribution in [3.8, 4) is 0 Å². The predicted molar refractivity (Wildman–Crippen MR) is 55.5 cm³/mol. The van der Waals surface area contributed by atoms with Gasteiger partial charge < -0.3 is 0 Å². The van der Waals surface area contributed by atoms with Crippen LogP contribution in [0.1, 0.15) is 0 Å². The Morgan fingerprint density at radius 1 is 1.20 bits per heavy atom. The Balaban J connectivity index is 2.59. The van der Waals surface area contributed by atoms with Crippen LogP contribution in [0.3, 0.4) is 0 Å². The lowest BCUT2D eigenvalue weighted by Gasteiger charge is -1.91. The van der Waals surface area contributed by atoms with Gasteiger partial charge in [-0.15, -0.1) is 0 Å². The second-order valence-corrected chi connectivity index (χ2v) is 3.39. The molecule has 10 heavy (non-hydrogen) atoms. The molecule has 0 spiro atoms. The highest BCUT2D eigenvalue weighted by atomic mass is 127. The van der Waals surface area contributed by atoms with Crippen LogP contribution in [0.2, 0.25) is 0 Å². The second kappa shape index (κ2) is 4.79. The Morgan fingerprint density at radius 2 is 1.90 bits per heavy atom. The molecule has 1 aromatic rings. The summed E-state index contributed by atoms with van der Waals surface area (Å²) in [5.74, 6) is 0. The maximum absolute atomic E-state index is 2.21. The minimum Gasteiger partial charge on any atom is -0.0976 e. The molecule has 1 aromatic carbocycles. The molecule has 0 saturated carbocycles. The minimum atomic E-state index is 1.29. The highest BCUT2D eigenvalue weighted by Crippen LogP contribution is 2.18. The summed E-state index contributed by atoms with van der Waals surface area (Å²) >= 11 is 3.95. The van der Waals surface area contributed by atoms with Gasteiger partial charge in [-0.1, -0.05) is 52.6 Å². The quantitative estimate of drug-likeness (QED) is 0.578. The molecule has 0 heterocycles. The Morgan fingerprint density at radius 3 is 2.50 bits per heavy atom. The number of rotatable bonds is 2. The summed E-state index contributed by atoms with van der Waals surface area (Å²) in [6.07, 6.45) is 0. The fraction of sp³-hybridized carbons (Fsp3) is 0. The van der Waals surface area contributed by atoms with Crippen LogP contribution in [-0.4, -0.2) is 0 Å². The zero-order chi connectivity index (χ0) is 7.23. The van der Waals surface area contributed by atoms with Gasteiger partial charge >= 0.3 is 0 Å². The van der Waals surface area contributed by atoms with E-state index in [1.54, 1.807) is 11.8 Å². The van der Waals surface area contributed by atoms with Crippen molar-refractivity contribution in [3.05, 3.63) is 39.8 Å². The first-order valence-corrected chi connectivity index (χ1v) is 5.03. The van der Waals surface area contributed by atoms with Gasteiger partial charge in [0.15, 0.2) is 0 Å². The summed E-state index contributed by atoms with van der Waals surface area (Å²) in [5.41, 5.74) is 0. The predicted octanol–water partition coefficient (Wildman–Crippen LogP) is 3.68. The maximum atomic E-state index is 2.21. The van der Waals surface area contributed by atoms with E-state index in [0.717, 1.165) is 0 Å². The van der Waals surface area contributed by atoms with E-state index in [2.05, 4.69) is 40.1 Å². The van der Waals surface area contributed by atoms with Gasteiger partial charge in [-0.2, -0.15) is 0 Å². The lowest BCUT2D eigenvalue weighted by atomic mass is 10.4. The Kier molecular flexibility index (Phi) is 3.90. The van der Waals surface area contributed by atoms with Gasteiger partial charge in [0.25, 0.3) is 0 Å². The smallest absolute Gasteiger partial charge is 0.0116 e. The summed E-state index contributed by atoms with van der Waals surface area (Å²) in [4.78, 5) is 1.29. The van der Waals surface area contributed by atoms with Crippen molar-refractivity contribution in [2.45, 2.75) is 4.90 Å². The summed E-state index contributed by atoms with van der Waals surface area (Å²) in [6, 6.07) is 10.3. The standard InChI is InChI=1S/C8H7IS/c9-6-7-10-8-4-2-1-3-5-8/h1-7H/b7-6-. The van der Waals surface area contributed by atoms with E-state index < -0.39 is 0 Å². The van der Waals surface area contributed by atoms with Crippen molar-refractivity contribution in [2.24, 2.45) is 0 Å². The molecule has 1 rings (SSSR count). The van der Waals surface area contributed by atoms with Gasteiger partial charge in [0.1, 0.15) is 0 Å². The first-order chi connectivity index (χ1) is 4.93. The van der Waals surface area contributed by atoms with Crippen molar-refractivity contribution in [3.63, 3.8) is 0 Å². The third kappa shape index (κ3) is 2.75. The largest absolute Gasteiger partial charge is 0.0976 e. The Labute approximate surface area is 78.9 Å². The lowest BCUT2D eigenvalue weighted by Crippen LogP contribution is -1.62. The third-order valence-electron chi connectivity index (χ3n) is 0.999. The average molecular weight is 262 g/mol. The zero-order valence-corrected chi connectivity index (χ0v) is 8.30. The summed E-state index contributed by atoms with van der Waals surface area (Å²) in [7, 11) is 0. The van der Waals surface area contributed by atoms with E-state index in [1.165, 1.54) is 4.90 Å². The first kappa shape index (κ1) is 8.14. The van der Waals surface area contributed by atoms with Gasteiger partial charge in [-0.25, -0.2) is 0 Å². The zero-order valence-electron chi connectivity index (χ0n) is 5.33. The van der Waals surface area contributed by atoms with Crippen LogP contribution in [0.25, 0.3) is 0 Å². The minimum absolute atomic E-state index is 1.29. The van der Waals surface area contributed by atoms with Gasteiger partial charge in [0, 0.05) is 4.90 Å². The molecule has 0 aliphatic rings. The molecule has 0 unspecified atom stereocenters. The van der Waals surface area contributed by atoms with Gasteiger partial charge in [0.05, 0.1) is 0 Å². The molecule has 52 valence electrons. The Hall–Kier alpha value is 0.0400. The summed E-state index contributed by atoms with van der Waals surface area (Å²) in [5, 5.41) is 2.07. The van der Waals surface area contributed by atoms with Crippen molar-refractivity contribution >= 4 is 34.4 Å². The highest BCUT2D eigenvalue weighted by molar-refractivity contribution is 14.1. The molecule has 0 saturated heterocycles. The van der Waals surface area contributed by atoms with Crippen molar-refractivity contribution in [1.29, 1.82) is 0 Å². The molecule has 0 radical (unpaired) electrons. The number of hydrogen-bond acceptors (Lipinski definition) is 1. The van der Waals surface area contributed by atoms with Crippen molar-refractivity contribution < 1.29 is 0 Å². The van der Waals surface area contributed by atoms with Crippen LogP contribution in [0, 0.1) is 0 Å². The fourth-order valence-electron chi connectivity index (χ4n) is 0.603. The molecule has 0 aliphatic heterocycles. The van der Waals surface area contributed by atoms with E-state index in [9.17, 15) is 0 Å². The van der Waals surface area contributed by atoms with Crippen molar-refractivity contribution in [2.75, 3.05) is 0 Å². The third-order valence-corrected chi connectivity index (χ3v) is 2.66. The van der Waals surface area contributed by atoms with Crippen LogP contribution in [0.4, 0.5) is 0 Å². The van der Waals surface area contributed by atoms with Crippen LogP contribution < -0.4 is 0 Å². The number of halogens is 1. The molecule has 0 amide bonds. The first-order valence-electron chi connectivity index (χ1n) is 2.90. The Bertz CT molecular complexity index is 206. The monoisotopic (exact) mass is 262 g/mol. The topological polar surface area (TPSA) is 0 Å². The molecule has 0 N–H and O–H groups in total. The molecule has 0 aromatic heterocycles. The number of thioether (sulfide) groups is 1. The molecular weight excluding hydrogens is 255 g/mol. The molecule has 2 heteroatoms. The lowest BCUT2D eigenvalue weighted by molar-refractivity contribution is 1.47. The number of benzene rings is 1. The molecular formula is C8H7IS. The van der Waals surface area contributed by atoms with E-state index in [1.807, 2.05) is 22.3 Å². The number of hydrogen-bond donors (Lipinski definition) is 0. The fourth-order valence-corrected chi connectivity index (χ4v) is 1.57. The molecule has 0 nitrogen and oxygen atoms in total. The average Bonchev–Trinajstić information content (AvgIpc) is 2.03. The SMILES string of the molecule is I/C=C\Sc1ccccc1. The molecule has 0 aliphatic carbocycles. The molecule has 0 bridgehead atoms. The van der Waals surface area contributed by atoms with Gasteiger partial charge in [-0.3, -0.25) is 0 Å². The van der Waals surface area contributed by atoms with E-state index in [4.69, 9.17) is 0 Å². The van der Waals surface area contributed by atoms with E-state index in [0.29, 0.717) is 0 Å². The van der Waals surface area contributed by atoms with E-state index in [-0.39, 0.29) is 0 Å². The van der Waals surface area contributed by atoms with Gasteiger partial charge in [0.2, 0.25) is 0 Å². The van der Waals surface area contributed by atoms with Crippen LogP contribution >= 0.6 is 34.4 Å². The van der Waals surface area contributed by atoms with Crippen molar-refractivity contribution in [1.82, 2.24) is 0 Å².